The fourth-order valence-corrected chi connectivity index (χ4v) is 4.70. The Morgan fingerprint density at radius 1 is 0.886 bits per heavy atom. The number of nitrogens with zero attached hydrogens (tertiary/aromatic N) is 1. The van der Waals surface area contributed by atoms with Crippen molar-refractivity contribution in [3.05, 3.63) is 53.8 Å². The predicted molar refractivity (Wildman–Crippen MR) is 137 cm³/mol. The third kappa shape index (κ3) is 4.67. The topological polar surface area (TPSA) is 66.5 Å². The van der Waals surface area contributed by atoms with Gasteiger partial charge in [0.15, 0.2) is 11.5 Å². The van der Waals surface area contributed by atoms with Crippen LogP contribution in [0.5, 0.6) is 17.2 Å². The van der Waals surface area contributed by atoms with Gasteiger partial charge in [-0.05, 0) is 90.2 Å². The van der Waals surface area contributed by atoms with E-state index in [4.69, 9.17) is 23.7 Å². The van der Waals surface area contributed by atoms with Gasteiger partial charge in [0.1, 0.15) is 11.4 Å². The second-order valence-corrected chi connectivity index (χ2v) is 9.57. The summed E-state index contributed by atoms with van der Waals surface area (Å²) < 4.78 is 27.7. The van der Waals surface area contributed by atoms with Gasteiger partial charge in [0.25, 0.3) is 0 Å². The molecule has 186 valence electrons. The van der Waals surface area contributed by atoms with E-state index in [1.165, 1.54) is 0 Å². The van der Waals surface area contributed by atoms with Gasteiger partial charge in [0.05, 0.1) is 47.3 Å². The summed E-state index contributed by atoms with van der Waals surface area (Å²) in [5, 5.41) is 4.17. The van der Waals surface area contributed by atoms with Crippen LogP contribution in [0.1, 0.15) is 31.9 Å². The zero-order valence-corrected chi connectivity index (χ0v) is 21.4. The van der Waals surface area contributed by atoms with Gasteiger partial charge >= 0.3 is 6.09 Å². The number of ether oxygens (including phenoxy) is 5. The number of hydrogen-bond donors (Lipinski definition) is 0. The van der Waals surface area contributed by atoms with E-state index in [0.717, 1.165) is 38.4 Å². The SMILES string of the molecule is CO/C=C/C1Cc2c(c3ccc(OC)cc3c3cc(OC)c(OC)cc23)CN1C(=O)OC(C)(C)C. The number of methoxy groups -OCH3 is 4. The molecule has 7 heteroatoms. The molecule has 0 radical (unpaired) electrons. The van der Waals surface area contributed by atoms with Gasteiger partial charge in [-0.3, -0.25) is 4.90 Å². The van der Waals surface area contributed by atoms with E-state index in [-0.39, 0.29) is 12.1 Å². The lowest BCUT2D eigenvalue weighted by Crippen LogP contribution is -2.45. The number of amides is 1. The maximum absolute atomic E-state index is 13.3. The van der Waals surface area contributed by atoms with E-state index in [9.17, 15) is 4.79 Å². The molecule has 1 heterocycles. The van der Waals surface area contributed by atoms with E-state index in [1.54, 1.807) is 39.6 Å². The fraction of sp³-hybridized carbons (Fsp3) is 0.393. The molecule has 0 bridgehead atoms. The lowest BCUT2D eigenvalue weighted by molar-refractivity contribution is 0.0164. The van der Waals surface area contributed by atoms with E-state index in [0.29, 0.717) is 24.5 Å². The smallest absolute Gasteiger partial charge is 0.411 e. The average Bonchev–Trinajstić information content (AvgIpc) is 2.84. The molecule has 1 aliphatic rings. The summed E-state index contributed by atoms with van der Waals surface area (Å²) in [6, 6.07) is 9.83. The van der Waals surface area contributed by atoms with Crippen molar-refractivity contribution in [2.75, 3.05) is 28.4 Å². The Bertz CT molecular complexity index is 1290. The first kappa shape index (κ1) is 24.5. The van der Waals surface area contributed by atoms with E-state index in [2.05, 4.69) is 6.07 Å². The second-order valence-electron chi connectivity index (χ2n) is 9.57. The summed E-state index contributed by atoms with van der Waals surface area (Å²) in [5.41, 5.74) is 1.63. The van der Waals surface area contributed by atoms with Crippen molar-refractivity contribution in [2.45, 2.75) is 45.4 Å². The maximum atomic E-state index is 13.3. The molecule has 0 saturated carbocycles. The quantitative estimate of drug-likeness (QED) is 0.338. The van der Waals surface area contributed by atoms with Crippen LogP contribution in [0.3, 0.4) is 0 Å². The first-order valence-electron chi connectivity index (χ1n) is 11.6. The van der Waals surface area contributed by atoms with Crippen molar-refractivity contribution < 1.29 is 28.5 Å². The molecule has 1 aliphatic heterocycles. The molecule has 1 amide bonds. The van der Waals surface area contributed by atoms with Crippen LogP contribution >= 0.6 is 0 Å². The van der Waals surface area contributed by atoms with Crippen molar-refractivity contribution in [1.29, 1.82) is 0 Å². The Labute approximate surface area is 206 Å². The molecule has 0 spiro atoms. The molecule has 0 fully saturated rings. The van der Waals surface area contributed by atoms with Crippen LogP contribution in [-0.2, 0) is 22.4 Å². The zero-order valence-electron chi connectivity index (χ0n) is 21.4. The van der Waals surface area contributed by atoms with Crippen LogP contribution in [0, 0.1) is 0 Å². The molecular weight excluding hydrogens is 446 g/mol. The normalized spacial score (nSPS) is 15.9. The standard InChI is InChI=1S/C28H33NO6/c1-28(2,3)35-27(30)29-16-24-19-9-8-18(32-5)13-21(19)23-15-26(34-7)25(33-6)14-22(23)20(24)12-17(29)10-11-31-4/h8-11,13-15,17H,12,16H2,1-7H3/b11-10+. The molecule has 35 heavy (non-hydrogen) atoms. The summed E-state index contributed by atoms with van der Waals surface area (Å²) in [6.07, 6.45) is 3.76. The second kappa shape index (κ2) is 9.56. The number of carbonyl (C=O) groups excluding carboxylic acids is 1. The third-order valence-corrected chi connectivity index (χ3v) is 6.26. The molecular formula is C28H33NO6. The number of rotatable bonds is 5. The largest absolute Gasteiger partial charge is 0.505 e. The first-order valence-corrected chi connectivity index (χ1v) is 11.6. The summed E-state index contributed by atoms with van der Waals surface area (Å²) in [7, 11) is 6.52. The summed E-state index contributed by atoms with van der Waals surface area (Å²) >= 11 is 0. The van der Waals surface area contributed by atoms with Crippen molar-refractivity contribution >= 4 is 27.6 Å². The summed E-state index contributed by atoms with van der Waals surface area (Å²) in [4.78, 5) is 15.0. The minimum atomic E-state index is -0.602. The monoisotopic (exact) mass is 479 g/mol. The van der Waals surface area contributed by atoms with E-state index in [1.807, 2.05) is 51.1 Å². The first-order chi connectivity index (χ1) is 16.7. The molecule has 1 unspecified atom stereocenters. The van der Waals surface area contributed by atoms with Crippen LogP contribution < -0.4 is 14.2 Å². The Kier molecular flexibility index (Phi) is 6.70. The summed E-state index contributed by atoms with van der Waals surface area (Å²) in [5.74, 6) is 2.07. The number of fused-ring (bicyclic) bond motifs is 6. The highest BCUT2D eigenvalue weighted by molar-refractivity contribution is 6.12. The fourth-order valence-electron chi connectivity index (χ4n) is 4.70. The minimum Gasteiger partial charge on any atom is -0.505 e. The molecule has 4 rings (SSSR count). The molecule has 3 aromatic rings. The number of hydrogen-bond acceptors (Lipinski definition) is 6. The van der Waals surface area contributed by atoms with E-state index >= 15 is 0 Å². The molecule has 1 atom stereocenters. The highest BCUT2D eigenvalue weighted by Gasteiger charge is 2.34. The number of benzene rings is 3. The highest BCUT2D eigenvalue weighted by atomic mass is 16.6. The van der Waals surface area contributed by atoms with Gasteiger partial charge in [-0.1, -0.05) is 6.07 Å². The molecule has 3 aromatic carbocycles. The molecule has 7 nitrogen and oxygen atoms in total. The van der Waals surface area contributed by atoms with Crippen LogP contribution in [-0.4, -0.2) is 51.1 Å². The van der Waals surface area contributed by atoms with Crippen LogP contribution in [0.4, 0.5) is 4.79 Å². The Morgan fingerprint density at radius 3 is 2.14 bits per heavy atom. The van der Waals surface area contributed by atoms with Crippen molar-refractivity contribution in [3.63, 3.8) is 0 Å². The lowest BCUT2D eigenvalue weighted by Gasteiger charge is -2.37. The number of carbonyl (C=O) groups is 1. The highest BCUT2D eigenvalue weighted by Crippen LogP contribution is 2.43. The molecule has 0 saturated heterocycles. The van der Waals surface area contributed by atoms with Crippen LogP contribution in [0.2, 0.25) is 0 Å². The minimum absolute atomic E-state index is 0.232. The van der Waals surface area contributed by atoms with E-state index < -0.39 is 5.60 Å². The lowest BCUT2D eigenvalue weighted by atomic mass is 9.85. The van der Waals surface area contributed by atoms with Gasteiger partial charge in [0, 0.05) is 0 Å². The Morgan fingerprint density at radius 2 is 1.54 bits per heavy atom. The van der Waals surface area contributed by atoms with Crippen LogP contribution in [0.25, 0.3) is 21.5 Å². The Hall–Kier alpha value is -3.61. The Balaban J connectivity index is 2.00. The molecule has 0 N–H and O–H groups in total. The third-order valence-electron chi connectivity index (χ3n) is 6.26. The molecule has 0 aliphatic carbocycles. The average molecular weight is 480 g/mol. The summed E-state index contributed by atoms with van der Waals surface area (Å²) in [6.45, 7) is 6.02. The predicted octanol–water partition coefficient (Wildman–Crippen LogP) is 5.84. The molecule has 0 aromatic heterocycles. The van der Waals surface area contributed by atoms with Gasteiger partial charge in [-0.15, -0.1) is 0 Å². The maximum Gasteiger partial charge on any atom is 0.411 e. The van der Waals surface area contributed by atoms with Crippen LogP contribution in [0.15, 0.2) is 42.7 Å². The van der Waals surface area contributed by atoms with Crippen molar-refractivity contribution in [2.24, 2.45) is 0 Å². The van der Waals surface area contributed by atoms with Gasteiger partial charge in [-0.25, -0.2) is 4.79 Å². The van der Waals surface area contributed by atoms with Gasteiger partial charge in [0.2, 0.25) is 0 Å². The van der Waals surface area contributed by atoms with Crippen molar-refractivity contribution in [1.82, 2.24) is 4.90 Å². The van der Waals surface area contributed by atoms with Gasteiger partial charge in [-0.2, -0.15) is 0 Å². The zero-order chi connectivity index (χ0) is 25.3. The van der Waals surface area contributed by atoms with Crippen molar-refractivity contribution in [3.8, 4) is 17.2 Å². The van der Waals surface area contributed by atoms with Gasteiger partial charge < -0.3 is 23.7 Å².